The summed E-state index contributed by atoms with van der Waals surface area (Å²) in [5.41, 5.74) is -0.502. The minimum absolute atomic E-state index is 0.0549. The molecule has 3 atom stereocenters. The van der Waals surface area contributed by atoms with Crippen LogP contribution in [0.2, 0.25) is 0 Å². The topological polar surface area (TPSA) is 134 Å². The molecule has 4 N–H and O–H groups in total. The number of aliphatic hydroxyl groups excluding tert-OH is 2. The molecule has 1 aliphatic heterocycles. The van der Waals surface area contributed by atoms with E-state index in [2.05, 4.69) is 10.3 Å². The maximum absolute atomic E-state index is 13.1. The van der Waals surface area contributed by atoms with Crippen LogP contribution in [0.25, 0.3) is 0 Å². The number of halogens is 1. The number of hydrogen-bond donors (Lipinski definition) is 4. The Morgan fingerprint density at radius 1 is 1.21 bits per heavy atom. The fourth-order valence-corrected chi connectivity index (χ4v) is 3.76. The van der Waals surface area contributed by atoms with Crippen LogP contribution in [-0.4, -0.2) is 99.2 Å². The molecule has 0 bridgehead atoms. The van der Waals surface area contributed by atoms with Crippen LogP contribution in [0.5, 0.6) is 5.75 Å². The highest BCUT2D eigenvalue weighted by atomic mass is 19.1. The third-order valence-corrected chi connectivity index (χ3v) is 5.97. The van der Waals surface area contributed by atoms with Crippen LogP contribution >= 0.6 is 0 Å². The summed E-state index contributed by atoms with van der Waals surface area (Å²) in [6.45, 7) is 0.997. The quantitative estimate of drug-likeness (QED) is 0.357. The first-order valence-electron chi connectivity index (χ1n) is 10.8. The number of nitrogens with zero attached hydrogens (tertiary/aromatic N) is 5. The molecule has 1 aliphatic rings. The van der Waals surface area contributed by atoms with Crippen LogP contribution in [0.1, 0.15) is 27.9 Å². The average molecular weight is 479 g/mol. The number of aromatic hydroxyl groups is 1. The highest BCUT2D eigenvalue weighted by molar-refractivity contribution is 5.94. The second kappa shape index (κ2) is 10.6. The summed E-state index contributed by atoms with van der Waals surface area (Å²) < 4.78 is 14.4. The Balaban J connectivity index is 1.87. The van der Waals surface area contributed by atoms with Crippen molar-refractivity contribution in [3.63, 3.8) is 0 Å². The number of aliphatic hydroxyl groups is 2. The van der Waals surface area contributed by atoms with Crippen LogP contribution in [-0.2, 0) is 13.1 Å². The van der Waals surface area contributed by atoms with Crippen LogP contribution in [0, 0.1) is 5.82 Å². The Morgan fingerprint density at radius 3 is 2.47 bits per heavy atom. The van der Waals surface area contributed by atoms with Gasteiger partial charge >= 0.3 is 0 Å². The zero-order valence-electron chi connectivity index (χ0n) is 19.6. The summed E-state index contributed by atoms with van der Waals surface area (Å²) in [4.78, 5) is 34.9. The summed E-state index contributed by atoms with van der Waals surface area (Å²) in [6, 6.07) is 5.06. The van der Waals surface area contributed by atoms with Crippen LogP contribution in [0.4, 0.5) is 4.39 Å². The second-order valence-electron chi connectivity index (χ2n) is 8.66. The first-order chi connectivity index (χ1) is 16.0. The third kappa shape index (κ3) is 5.42. The number of carbonyl (C=O) groups is 1. The van der Waals surface area contributed by atoms with Crippen LogP contribution < -0.4 is 10.9 Å². The van der Waals surface area contributed by atoms with Crippen molar-refractivity contribution in [2.75, 3.05) is 41.3 Å². The van der Waals surface area contributed by atoms with E-state index in [1.165, 1.54) is 38.6 Å². The number of rotatable bonds is 8. The van der Waals surface area contributed by atoms with Gasteiger partial charge in [0.05, 0.1) is 6.04 Å². The largest absolute Gasteiger partial charge is 0.501 e. The van der Waals surface area contributed by atoms with Crippen molar-refractivity contribution in [3.05, 3.63) is 57.5 Å². The molecule has 0 saturated carbocycles. The molecule has 3 unspecified atom stereocenters. The smallest absolute Gasteiger partial charge is 0.296 e. The summed E-state index contributed by atoms with van der Waals surface area (Å²) in [6.07, 6.45) is -2.34. The van der Waals surface area contributed by atoms with Gasteiger partial charge in [-0.2, -0.15) is 0 Å². The van der Waals surface area contributed by atoms with Crippen molar-refractivity contribution >= 4 is 5.91 Å². The monoisotopic (exact) mass is 478 g/mol. The van der Waals surface area contributed by atoms with E-state index in [9.17, 15) is 29.3 Å². The lowest BCUT2D eigenvalue weighted by molar-refractivity contribution is -0.131. The van der Waals surface area contributed by atoms with Crippen molar-refractivity contribution in [1.29, 1.82) is 0 Å². The molecule has 1 aromatic carbocycles. The van der Waals surface area contributed by atoms with Gasteiger partial charge in [-0.25, -0.2) is 9.37 Å². The molecule has 0 saturated heterocycles. The van der Waals surface area contributed by atoms with E-state index in [1.54, 1.807) is 21.1 Å². The normalized spacial score (nSPS) is 18.1. The second-order valence-corrected chi connectivity index (χ2v) is 8.66. The molecule has 0 fully saturated rings. The number of amides is 1. The molecule has 12 heteroatoms. The molecule has 0 radical (unpaired) electrons. The zero-order chi connectivity index (χ0) is 25.2. The number of likely N-dealkylation sites (N-methyl/N-ethyl adjacent to an activating group) is 3. The van der Waals surface area contributed by atoms with Crippen LogP contribution in [0.3, 0.4) is 0 Å². The predicted octanol–water partition coefficient (Wildman–Crippen LogP) is -0.865. The lowest BCUT2D eigenvalue weighted by Gasteiger charge is -2.39. The number of aromatic nitrogens is 2. The molecule has 2 aromatic rings. The number of carbonyl (C=O) groups excluding carboxylic acids is 1. The van der Waals surface area contributed by atoms with Gasteiger partial charge in [0.1, 0.15) is 24.1 Å². The van der Waals surface area contributed by atoms with E-state index in [0.717, 1.165) is 0 Å². The number of hydrogen-bond acceptors (Lipinski definition) is 9. The molecule has 34 heavy (non-hydrogen) atoms. The predicted molar refractivity (Wildman–Crippen MR) is 121 cm³/mol. The summed E-state index contributed by atoms with van der Waals surface area (Å²) in [5, 5.41) is 33.6. The molecule has 11 nitrogen and oxygen atoms in total. The van der Waals surface area contributed by atoms with Crippen molar-refractivity contribution in [2.24, 2.45) is 0 Å². The first kappa shape index (κ1) is 25.7. The molecule has 0 aliphatic carbocycles. The Hall–Kier alpha value is -2.90. The van der Waals surface area contributed by atoms with Gasteiger partial charge in [0.2, 0.25) is 5.75 Å². The lowest BCUT2D eigenvalue weighted by atomic mass is 10.1. The maximum atomic E-state index is 13.1. The first-order valence-corrected chi connectivity index (χ1v) is 10.8. The highest BCUT2D eigenvalue weighted by Gasteiger charge is 2.34. The Bertz CT molecular complexity index is 1080. The maximum Gasteiger partial charge on any atom is 0.296 e. The van der Waals surface area contributed by atoms with Gasteiger partial charge < -0.3 is 20.6 Å². The van der Waals surface area contributed by atoms with Crippen molar-refractivity contribution < 1.29 is 24.5 Å². The van der Waals surface area contributed by atoms with E-state index in [1.807, 2.05) is 11.9 Å². The summed E-state index contributed by atoms with van der Waals surface area (Å²) >= 11 is 0. The van der Waals surface area contributed by atoms with Gasteiger partial charge in [0.25, 0.3) is 11.5 Å². The molecule has 2 heterocycles. The minimum atomic E-state index is -1.21. The van der Waals surface area contributed by atoms with Gasteiger partial charge in [-0.3, -0.25) is 28.9 Å². The lowest BCUT2D eigenvalue weighted by Crippen LogP contribution is -2.52. The van der Waals surface area contributed by atoms with Crippen LogP contribution in [0.15, 0.2) is 29.1 Å². The average Bonchev–Trinajstić information content (AvgIpc) is 2.81. The third-order valence-electron chi connectivity index (χ3n) is 5.97. The Morgan fingerprint density at radius 2 is 1.85 bits per heavy atom. The fraction of sp³-hybridized carbons (Fsp3) is 0.500. The Labute approximate surface area is 196 Å². The van der Waals surface area contributed by atoms with Gasteiger partial charge in [-0.05, 0) is 45.9 Å². The Kier molecular flexibility index (Phi) is 8.00. The van der Waals surface area contributed by atoms with E-state index in [0.29, 0.717) is 12.1 Å². The molecular formula is C22H31FN6O5. The van der Waals surface area contributed by atoms with E-state index < -0.39 is 47.2 Å². The molecule has 186 valence electrons. The number of nitrogens with one attached hydrogen (secondary N) is 1. The SMILES string of the molecule is CN(C)C(O)C(O)N(C)CC1c2nc(C(=O)NCc3ccc(F)cc3)c(O)c(=O)n2CCN1C. The van der Waals surface area contributed by atoms with Crippen molar-refractivity contribution in [3.8, 4) is 5.75 Å². The van der Waals surface area contributed by atoms with Gasteiger partial charge in [-0.1, -0.05) is 12.1 Å². The summed E-state index contributed by atoms with van der Waals surface area (Å²) in [7, 11) is 6.71. The fourth-order valence-electron chi connectivity index (χ4n) is 3.76. The molecule has 0 spiro atoms. The standard InChI is InChI=1S/C22H31FN6O5/c1-26(2)21(33)22(34)28(4)12-15-18-25-16(17(30)20(32)29(18)10-9-27(15)3)19(31)24-11-13-5-7-14(23)8-6-13/h5-8,15,21-22,30,33-34H,9-12H2,1-4H3,(H,24,31). The van der Waals surface area contributed by atoms with E-state index in [4.69, 9.17) is 0 Å². The number of fused-ring (bicyclic) bond motifs is 1. The molecule has 3 rings (SSSR count). The van der Waals surface area contributed by atoms with E-state index in [-0.39, 0.29) is 25.5 Å². The van der Waals surface area contributed by atoms with Crippen molar-refractivity contribution in [2.45, 2.75) is 31.6 Å². The highest BCUT2D eigenvalue weighted by Crippen LogP contribution is 2.25. The molecule has 1 amide bonds. The molecule has 1 aromatic heterocycles. The minimum Gasteiger partial charge on any atom is -0.501 e. The number of benzene rings is 1. The van der Waals surface area contributed by atoms with Gasteiger partial charge in [-0.15, -0.1) is 0 Å². The van der Waals surface area contributed by atoms with E-state index >= 15 is 0 Å². The van der Waals surface area contributed by atoms with Gasteiger partial charge in [0, 0.05) is 26.2 Å². The van der Waals surface area contributed by atoms with Gasteiger partial charge in [0.15, 0.2) is 5.69 Å². The zero-order valence-corrected chi connectivity index (χ0v) is 19.6. The van der Waals surface area contributed by atoms with Crippen molar-refractivity contribution in [1.82, 2.24) is 29.6 Å². The summed E-state index contributed by atoms with van der Waals surface area (Å²) in [5.74, 6) is -1.63. The molecular weight excluding hydrogens is 447 g/mol.